The van der Waals surface area contributed by atoms with Gasteiger partial charge in [0.1, 0.15) is 4.21 Å². The highest BCUT2D eigenvalue weighted by Crippen LogP contribution is 2.28. The van der Waals surface area contributed by atoms with E-state index < -0.39 is 10.0 Å². The summed E-state index contributed by atoms with van der Waals surface area (Å²) in [5.74, 6) is 0.440. The maximum Gasteiger partial charge on any atom is 0.252 e. The van der Waals surface area contributed by atoms with E-state index in [9.17, 15) is 8.42 Å². The third kappa shape index (κ3) is 3.70. The number of sulfonamides is 1. The molecule has 1 N–H and O–H groups in total. The van der Waals surface area contributed by atoms with Gasteiger partial charge >= 0.3 is 0 Å². The molecular formula is C12H21ClN2O2S2. The Morgan fingerprint density at radius 3 is 2.79 bits per heavy atom. The number of nitrogens with zero attached hydrogens (tertiary/aromatic N) is 1. The summed E-state index contributed by atoms with van der Waals surface area (Å²) in [6.45, 7) is 4.22. The number of rotatable bonds is 5. The summed E-state index contributed by atoms with van der Waals surface area (Å²) in [6, 6.07) is 3.66. The predicted molar refractivity (Wildman–Crippen MR) is 81.7 cm³/mol. The highest BCUT2D eigenvalue weighted by atomic mass is 35.5. The van der Waals surface area contributed by atoms with Gasteiger partial charge in [-0.25, -0.2) is 8.42 Å². The summed E-state index contributed by atoms with van der Waals surface area (Å²) in [6.07, 6.45) is 1.84. The van der Waals surface area contributed by atoms with Crippen molar-refractivity contribution >= 4 is 33.8 Å². The molecule has 0 saturated carbocycles. The summed E-state index contributed by atoms with van der Waals surface area (Å²) in [7, 11) is -1.35. The number of hydrogen-bond donors (Lipinski definition) is 1. The van der Waals surface area contributed by atoms with Gasteiger partial charge in [0, 0.05) is 18.0 Å². The molecule has 7 heteroatoms. The SMILES string of the molecule is CCc1ccc(S(=O)(=O)N2CCC(CNC)C2)s1.Cl. The zero-order valence-electron chi connectivity index (χ0n) is 11.3. The van der Waals surface area contributed by atoms with Crippen molar-refractivity contribution in [3.63, 3.8) is 0 Å². The molecule has 0 aromatic carbocycles. The van der Waals surface area contributed by atoms with E-state index in [1.165, 1.54) is 11.3 Å². The zero-order valence-corrected chi connectivity index (χ0v) is 13.7. The molecule has 1 saturated heterocycles. The molecule has 1 aliphatic heterocycles. The number of nitrogens with one attached hydrogen (secondary N) is 1. The number of halogens is 1. The molecule has 1 aromatic rings. The first-order chi connectivity index (χ1) is 8.57. The quantitative estimate of drug-likeness (QED) is 0.900. The first-order valence-corrected chi connectivity index (χ1v) is 8.57. The van der Waals surface area contributed by atoms with E-state index in [2.05, 4.69) is 5.32 Å². The number of thiophene rings is 1. The first-order valence-electron chi connectivity index (χ1n) is 6.31. The van der Waals surface area contributed by atoms with Crippen LogP contribution in [-0.2, 0) is 16.4 Å². The van der Waals surface area contributed by atoms with Crippen LogP contribution < -0.4 is 5.32 Å². The van der Waals surface area contributed by atoms with Crippen LogP contribution in [0.4, 0.5) is 0 Å². The lowest BCUT2D eigenvalue weighted by Crippen LogP contribution is -2.29. The van der Waals surface area contributed by atoms with Gasteiger partial charge in [-0.1, -0.05) is 6.92 Å². The second-order valence-electron chi connectivity index (χ2n) is 4.65. The van der Waals surface area contributed by atoms with Crippen molar-refractivity contribution in [2.45, 2.75) is 24.0 Å². The Bertz CT molecular complexity index is 502. The van der Waals surface area contributed by atoms with E-state index in [0.717, 1.165) is 24.3 Å². The zero-order chi connectivity index (χ0) is 13.2. The Kier molecular flexibility index (Phi) is 6.26. The van der Waals surface area contributed by atoms with Gasteiger partial charge in [-0.3, -0.25) is 0 Å². The van der Waals surface area contributed by atoms with Crippen LogP contribution in [0.2, 0.25) is 0 Å². The third-order valence-corrected chi connectivity index (χ3v) is 6.88. The predicted octanol–water partition coefficient (Wildman–Crippen LogP) is 1.96. The summed E-state index contributed by atoms with van der Waals surface area (Å²) in [4.78, 5) is 1.12. The standard InChI is InChI=1S/C12H20N2O2S2.ClH/c1-3-11-4-5-12(17-11)18(15,16)14-7-6-10(9-14)8-13-2;/h4-5,10,13H,3,6-9H2,1-2H3;1H. The van der Waals surface area contributed by atoms with Gasteiger partial charge in [-0.15, -0.1) is 23.7 Å². The van der Waals surface area contributed by atoms with Gasteiger partial charge < -0.3 is 5.32 Å². The molecule has 0 spiro atoms. The topological polar surface area (TPSA) is 49.4 Å². The van der Waals surface area contributed by atoms with E-state index in [0.29, 0.717) is 23.2 Å². The van der Waals surface area contributed by atoms with Gasteiger partial charge in [0.15, 0.2) is 0 Å². The van der Waals surface area contributed by atoms with Crippen LogP contribution in [0.15, 0.2) is 16.3 Å². The first kappa shape index (κ1) is 16.9. The molecule has 0 bridgehead atoms. The van der Waals surface area contributed by atoms with Gasteiger partial charge in [0.25, 0.3) is 10.0 Å². The Balaban J connectivity index is 0.00000180. The van der Waals surface area contributed by atoms with Crippen LogP contribution in [0.25, 0.3) is 0 Å². The summed E-state index contributed by atoms with van der Waals surface area (Å²) < 4.78 is 27.0. The molecule has 1 unspecified atom stereocenters. The lowest BCUT2D eigenvalue weighted by Gasteiger charge is -2.15. The van der Waals surface area contributed by atoms with Crippen molar-refractivity contribution in [1.82, 2.24) is 9.62 Å². The monoisotopic (exact) mass is 324 g/mol. The van der Waals surface area contributed by atoms with E-state index in [4.69, 9.17) is 0 Å². The minimum absolute atomic E-state index is 0. The lowest BCUT2D eigenvalue weighted by molar-refractivity contribution is 0.452. The maximum absolute atomic E-state index is 12.4. The van der Waals surface area contributed by atoms with Gasteiger partial charge in [-0.2, -0.15) is 4.31 Å². The normalized spacial score (nSPS) is 20.4. The van der Waals surface area contributed by atoms with Crippen LogP contribution in [0, 0.1) is 5.92 Å². The second kappa shape index (κ2) is 7.04. The Morgan fingerprint density at radius 1 is 1.47 bits per heavy atom. The van der Waals surface area contributed by atoms with E-state index in [-0.39, 0.29) is 12.4 Å². The van der Waals surface area contributed by atoms with Gasteiger partial charge in [0.2, 0.25) is 0 Å². The molecular weight excluding hydrogens is 304 g/mol. The fourth-order valence-electron chi connectivity index (χ4n) is 2.28. The average molecular weight is 325 g/mol. The van der Waals surface area contributed by atoms with Crippen molar-refractivity contribution in [2.75, 3.05) is 26.7 Å². The maximum atomic E-state index is 12.4. The minimum Gasteiger partial charge on any atom is -0.319 e. The average Bonchev–Trinajstić information content (AvgIpc) is 2.98. The molecule has 4 nitrogen and oxygen atoms in total. The van der Waals surface area contributed by atoms with Crippen LogP contribution in [0.1, 0.15) is 18.2 Å². The molecule has 2 rings (SSSR count). The van der Waals surface area contributed by atoms with Crippen molar-refractivity contribution in [3.8, 4) is 0 Å². The molecule has 110 valence electrons. The molecule has 1 atom stereocenters. The van der Waals surface area contributed by atoms with Crippen LogP contribution in [0.3, 0.4) is 0 Å². The Labute approximate surface area is 125 Å². The molecule has 19 heavy (non-hydrogen) atoms. The molecule has 0 aliphatic carbocycles. The van der Waals surface area contributed by atoms with Gasteiger partial charge in [0.05, 0.1) is 0 Å². The van der Waals surface area contributed by atoms with Crippen molar-refractivity contribution in [1.29, 1.82) is 0 Å². The third-order valence-electron chi connectivity index (χ3n) is 3.32. The van der Waals surface area contributed by atoms with Crippen molar-refractivity contribution < 1.29 is 8.42 Å². The van der Waals surface area contributed by atoms with E-state index >= 15 is 0 Å². The molecule has 0 radical (unpaired) electrons. The summed E-state index contributed by atoms with van der Waals surface area (Å²) in [5.41, 5.74) is 0. The van der Waals surface area contributed by atoms with Gasteiger partial charge in [-0.05, 0) is 44.5 Å². The molecule has 1 aromatic heterocycles. The smallest absolute Gasteiger partial charge is 0.252 e. The fourth-order valence-corrected chi connectivity index (χ4v) is 5.27. The van der Waals surface area contributed by atoms with Crippen LogP contribution >= 0.6 is 23.7 Å². The highest BCUT2D eigenvalue weighted by Gasteiger charge is 2.32. The lowest BCUT2D eigenvalue weighted by atomic mass is 10.1. The molecule has 0 amide bonds. The Morgan fingerprint density at radius 2 is 2.21 bits per heavy atom. The van der Waals surface area contributed by atoms with Crippen molar-refractivity contribution in [3.05, 3.63) is 17.0 Å². The van der Waals surface area contributed by atoms with E-state index in [1.807, 2.05) is 20.0 Å². The fraction of sp³-hybridized carbons (Fsp3) is 0.667. The van der Waals surface area contributed by atoms with Crippen LogP contribution in [0.5, 0.6) is 0 Å². The second-order valence-corrected chi connectivity index (χ2v) is 7.98. The molecule has 2 heterocycles. The minimum atomic E-state index is -3.26. The molecule has 1 fully saturated rings. The number of hydrogen-bond acceptors (Lipinski definition) is 4. The number of aryl methyl sites for hydroxylation is 1. The largest absolute Gasteiger partial charge is 0.319 e. The van der Waals surface area contributed by atoms with Crippen molar-refractivity contribution in [2.24, 2.45) is 5.92 Å². The van der Waals surface area contributed by atoms with Crippen LogP contribution in [-0.4, -0.2) is 39.4 Å². The summed E-state index contributed by atoms with van der Waals surface area (Å²) >= 11 is 1.40. The Hall–Kier alpha value is -0.140. The highest BCUT2D eigenvalue weighted by molar-refractivity contribution is 7.91. The summed E-state index contributed by atoms with van der Waals surface area (Å²) in [5, 5.41) is 3.12. The van der Waals surface area contributed by atoms with E-state index in [1.54, 1.807) is 10.4 Å². The molecule has 1 aliphatic rings.